The van der Waals surface area contributed by atoms with Gasteiger partial charge in [0.05, 0.1) is 0 Å². The minimum Gasteiger partial charge on any atom is -0.324 e. The van der Waals surface area contributed by atoms with Crippen molar-refractivity contribution in [3.63, 3.8) is 0 Å². The standard InChI is InChI=1S/C14H20N2S/c15-13-7-14(12-4-2-1-3-11(12)13)16-8-10-5-6-17-9-10/h1-4,10,13-14,16H,5-9,15H2. The lowest BCUT2D eigenvalue weighted by Crippen LogP contribution is -2.26. The van der Waals surface area contributed by atoms with E-state index >= 15 is 0 Å². The fraction of sp³-hybridized carbons (Fsp3) is 0.571. The molecule has 3 N–H and O–H groups in total. The van der Waals surface area contributed by atoms with Crippen molar-refractivity contribution in [1.29, 1.82) is 0 Å². The second-order valence-corrected chi connectivity index (χ2v) is 6.31. The molecule has 1 aromatic rings. The predicted molar refractivity (Wildman–Crippen MR) is 74.2 cm³/mol. The van der Waals surface area contributed by atoms with E-state index in [0.717, 1.165) is 18.9 Å². The second kappa shape index (κ2) is 5.01. The molecule has 1 aromatic carbocycles. The molecule has 0 spiro atoms. The van der Waals surface area contributed by atoms with Crippen molar-refractivity contribution in [3.05, 3.63) is 35.4 Å². The molecule has 3 atom stereocenters. The van der Waals surface area contributed by atoms with Gasteiger partial charge in [0.15, 0.2) is 0 Å². The Balaban J connectivity index is 1.65. The minimum atomic E-state index is 0.224. The highest BCUT2D eigenvalue weighted by atomic mass is 32.2. The van der Waals surface area contributed by atoms with Crippen molar-refractivity contribution in [3.8, 4) is 0 Å². The third-order valence-electron chi connectivity index (χ3n) is 3.94. The van der Waals surface area contributed by atoms with Crippen LogP contribution in [-0.2, 0) is 0 Å². The van der Waals surface area contributed by atoms with Crippen molar-refractivity contribution in [2.75, 3.05) is 18.1 Å². The Hall–Kier alpha value is -0.510. The van der Waals surface area contributed by atoms with Crippen molar-refractivity contribution >= 4 is 11.8 Å². The van der Waals surface area contributed by atoms with Gasteiger partial charge >= 0.3 is 0 Å². The summed E-state index contributed by atoms with van der Waals surface area (Å²) in [6.45, 7) is 1.15. The molecule has 0 aromatic heterocycles. The van der Waals surface area contributed by atoms with Crippen molar-refractivity contribution in [1.82, 2.24) is 5.32 Å². The predicted octanol–water partition coefficient (Wildman–Crippen LogP) is 2.47. The van der Waals surface area contributed by atoms with Crippen LogP contribution in [0.3, 0.4) is 0 Å². The maximum Gasteiger partial charge on any atom is 0.0341 e. The lowest BCUT2D eigenvalue weighted by Gasteiger charge is -2.17. The number of nitrogens with one attached hydrogen (secondary N) is 1. The molecule has 1 saturated heterocycles. The molecule has 1 fully saturated rings. The molecule has 3 heteroatoms. The third kappa shape index (κ3) is 2.37. The molecule has 92 valence electrons. The summed E-state index contributed by atoms with van der Waals surface area (Å²) in [5.41, 5.74) is 8.94. The summed E-state index contributed by atoms with van der Waals surface area (Å²) in [5.74, 6) is 3.53. The van der Waals surface area contributed by atoms with E-state index in [-0.39, 0.29) is 6.04 Å². The SMILES string of the molecule is NC1CC(NCC2CCSC2)c2ccccc21. The van der Waals surface area contributed by atoms with Gasteiger partial charge in [-0.15, -0.1) is 0 Å². The van der Waals surface area contributed by atoms with Gasteiger partial charge in [-0.3, -0.25) is 0 Å². The molecular weight excluding hydrogens is 228 g/mol. The highest BCUT2D eigenvalue weighted by Gasteiger charge is 2.28. The number of benzene rings is 1. The smallest absolute Gasteiger partial charge is 0.0341 e. The zero-order valence-electron chi connectivity index (χ0n) is 10.1. The van der Waals surface area contributed by atoms with Crippen LogP contribution in [0.4, 0.5) is 0 Å². The Morgan fingerprint density at radius 3 is 2.88 bits per heavy atom. The summed E-state index contributed by atoms with van der Waals surface area (Å²) in [6, 6.07) is 9.32. The van der Waals surface area contributed by atoms with Gasteiger partial charge in [-0.1, -0.05) is 24.3 Å². The lowest BCUT2D eigenvalue weighted by molar-refractivity contribution is 0.443. The first-order valence-corrected chi connectivity index (χ1v) is 7.65. The highest BCUT2D eigenvalue weighted by Crippen LogP contribution is 2.37. The van der Waals surface area contributed by atoms with Gasteiger partial charge in [-0.2, -0.15) is 11.8 Å². The van der Waals surface area contributed by atoms with E-state index in [9.17, 15) is 0 Å². The van der Waals surface area contributed by atoms with E-state index in [0.29, 0.717) is 6.04 Å². The Labute approximate surface area is 107 Å². The second-order valence-electron chi connectivity index (χ2n) is 5.16. The van der Waals surface area contributed by atoms with Crippen LogP contribution in [0.25, 0.3) is 0 Å². The first kappa shape index (κ1) is 11.6. The van der Waals surface area contributed by atoms with E-state index in [1.165, 1.54) is 29.1 Å². The van der Waals surface area contributed by atoms with E-state index in [2.05, 4.69) is 41.3 Å². The van der Waals surface area contributed by atoms with E-state index in [4.69, 9.17) is 5.73 Å². The Kier molecular flexibility index (Phi) is 3.41. The third-order valence-corrected chi connectivity index (χ3v) is 5.17. The Morgan fingerprint density at radius 2 is 2.12 bits per heavy atom. The molecule has 3 rings (SSSR count). The first-order valence-electron chi connectivity index (χ1n) is 6.50. The zero-order valence-corrected chi connectivity index (χ0v) is 10.9. The van der Waals surface area contributed by atoms with E-state index in [1.807, 2.05) is 0 Å². The van der Waals surface area contributed by atoms with Crippen LogP contribution in [0, 0.1) is 5.92 Å². The van der Waals surface area contributed by atoms with Gasteiger partial charge in [0, 0.05) is 12.1 Å². The van der Waals surface area contributed by atoms with Gasteiger partial charge in [0.1, 0.15) is 0 Å². The quantitative estimate of drug-likeness (QED) is 0.863. The molecule has 1 aliphatic heterocycles. The van der Waals surface area contributed by atoms with Crippen LogP contribution < -0.4 is 11.1 Å². The van der Waals surface area contributed by atoms with Crippen LogP contribution in [0.2, 0.25) is 0 Å². The van der Waals surface area contributed by atoms with E-state index < -0.39 is 0 Å². The summed E-state index contributed by atoms with van der Waals surface area (Å²) in [6.07, 6.45) is 2.43. The van der Waals surface area contributed by atoms with Crippen molar-refractivity contribution in [2.45, 2.75) is 24.9 Å². The van der Waals surface area contributed by atoms with Crippen LogP contribution >= 0.6 is 11.8 Å². The van der Waals surface area contributed by atoms with Crippen LogP contribution in [0.1, 0.15) is 36.1 Å². The number of nitrogens with two attached hydrogens (primary N) is 1. The monoisotopic (exact) mass is 248 g/mol. The van der Waals surface area contributed by atoms with Gasteiger partial charge in [0.25, 0.3) is 0 Å². The largest absolute Gasteiger partial charge is 0.324 e. The molecule has 1 heterocycles. The lowest BCUT2D eigenvalue weighted by atomic mass is 10.1. The van der Waals surface area contributed by atoms with E-state index in [1.54, 1.807) is 0 Å². The Morgan fingerprint density at radius 1 is 1.29 bits per heavy atom. The first-order chi connectivity index (χ1) is 8.34. The molecule has 1 aliphatic carbocycles. The summed E-state index contributed by atoms with van der Waals surface area (Å²) in [5, 5.41) is 3.72. The average Bonchev–Trinajstić information content (AvgIpc) is 2.96. The van der Waals surface area contributed by atoms with Gasteiger partial charge in [-0.25, -0.2) is 0 Å². The molecule has 0 bridgehead atoms. The van der Waals surface area contributed by atoms with Crippen LogP contribution in [0.15, 0.2) is 24.3 Å². The number of hydrogen-bond donors (Lipinski definition) is 2. The Bertz CT molecular complexity index is 388. The molecule has 2 nitrogen and oxygen atoms in total. The zero-order chi connectivity index (χ0) is 11.7. The topological polar surface area (TPSA) is 38.0 Å². The molecule has 2 aliphatic rings. The van der Waals surface area contributed by atoms with Crippen LogP contribution in [0.5, 0.6) is 0 Å². The summed E-state index contributed by atoms with van der Waals surface area (Å²) >= 11 is 2.09. The molecule has 0 saturated carbocycles. The number of hydrogen-bond acceptors (Lipinski definition) is 3. The summed E-state index contributed by atoms with van der Waals surface area (Å²) in [7, 11) is 0. The molecular formula is C14H20N2S. The van der Waals surface area contributed by atoms with Gasteiger partial charge in [0.2, 0.25) is 0 Å². The number of rotatable bonds is 3. The fourth-order valence-electron chi connectivity index (χ4n) is 2.92. The fourth-order valence-corrected chi connectivity index (χ4v) is 4.20. The molecule has 0 radical (unpaired) electrons. The average molecular weight is 248 g/mol. The highest BCUT2D eigenvalue weighted by molar-refractivity contribution is 7.99. The molecule has 17 heavy (non-hydrogen) atoms. The van der Waals surface area contributed by atoms with Gasteiger partial charge < -0.3 is 11.1 Å². The summed E-state index contributed by atoms with van der Waals surface area (Å²) < 4.78 is 0. The molecule has 0 amide bonds. The van der Waals surface area contributed by atoms with Crippen molar-refractivity contribution < 1.29 is 0 Å². The minimum absolute atomic E-state index is 0.224. The number of thioether (sulfide) groups is 1. The van der Waals surface area contributed by atoms with Gasteiger partial charge in [-0.05, 0) is 47.9 Å². The maximum absolute atomic E-state index is 6.18. The number of fused-ring (bicyclic) bond motifs is 1. The van der Waals surface area contributed by atoms with Crippen molar-refractivity contribution in [2.24, 2.45) is 11.7 Å². The molecule has 3 unspecified atom stereocenters. The summed E-state index contributed by atoms with van der Waals surface area (Å²) in [4.78, 5) is 0. The maximum atomic E-state index is 6.18. The van der Waals surface area contributed by atoms with Crippen LogP contribution in [-0.4, -0.2) is 18.1 Å². The normalized spacial score (nSPS) is 31.7.